The van der Waals surface area contributed by atoms with Gasteiger partial charge in [0.15, 0.2) is 5.82 Å². The lowest BCUT2D eigenvalue weighted by Crippen LogP contribution is -2.28. The molecule has 0 aliphatic carbocycles. The van der Waals surface area contributed by atoms with Crippen molar-refractivity contribution in [3.63, 3.8) is 0 Å². The van der Waals surface area contributed by atoms with Gasteiger partial charge in [0.25, 0.3) is 0 Å². The van der Waals surface area contributed by atoms with Crippen molar-refractivity contribution in [2.45, 2.75) is 19.4 Å². The lowest BCUT2D eigenvalue weighted by molar-refractivity contribution is 0.477. The van der Waals surface area contributed by atoms with Crippen LogP contribution in [0.4, 0.5) is 5.82 Å². The van der Waals surface area contributed by atoms with Crippen LogP contribution in [0.1, 0.15) is 13.3 Å². The lowest BCUT2D eigenvalue weighted by Gasteiger charge is -2.14. The molecule has 0 bridgehead atoms. The molecule has 0 radical (unpaired) electrons. The van der Waals surface area contributed by atoms with E-state index in [2.05, 4.69) is 18.3 Å². The normalized spacial score (nSPS) is 12.3. The number of rotatable bonds is 6. The molecule has 6 heteroatoms. The first-order valence-corrected chi connectivity index (χ1v) is 10.7. The average Bonchev–Trinajstić information content (AvgIpc) is 3.30. The first kappa shape index (κ1) is 20.0. The van der Waals surface area contributed by atoms with Crippen molar-refractivity contribution in [1.29, 1.82) is 0 Å². The molecule has 32 heavy (non-hydrogen) atoms. The molecular formula is C26H24N4O2. The predicted molar refractivity (Wildman–Crippen MR) is 129 cm³/mol. The van der Waals surface area contributed by atoms with E-state index in [9.17, 15) is 5.11 Å². The summed E-state index contributed by atoms with van der Waals surface area (Å²) in [7, 11) is 0. The third-order valence-electron chi connectivity index (χ3n) is 5.68. The van der Waals surface area contributed by atoms with E-state index in [0.29, 0.717) is 23.8 Å². The first-order valence-electron chi connectivity index (χ1n) is 10.7. The van der Waals surface area contributed by atoms with Crippen molar-refractivity contribution in [2.75, 3.05) is 11.9 Å². The minimum absolute atomic E-state index is 0.0294. The fraction of sp³-hybridized carbons (Fsp3) is 0.154. The van der Waals surface area contributed by atoms with Crippen LogP contribution in [0.2, 0.25) is 0 Å². The number of benzene rings is 3. The van der Waals surface area contributed by atoms with E-state index < -0.39 is 0 Å². The number of anilines is 1. The largest absolute Gasteiger partial charge is 0.507 e. The summed E-state index contributed by atoms with van der Waals surface area (Å²) in [6.45, 7) is 2.66. The minimum atomic E-state index is 0.0294. The minimum Gasteiger partial charge on any atom is -0.507 e. The Kier molecular flexibility index (Phi) is 5.21. The van der Waals surface area contributed by atoms with Crippen LogP contribution in [0, 0.1) is 0 Å². The Bertz CT molecular complexity index is 1410. The Labute approximate surface area is 185 Å². The van der Waals surface area contributed by atoms with E-state index >= 15 is 0 Å². The summed E-state index contributed by atoms with van der Waals surface area (Å²) in [5.41, 5.74) is 10.3. The molecule has 2 heterocycles. The van der Waals surface area contributed by atoms with Crippen molar-refractivity contribution in [3.05, 3.63) is 73.0 Å². The molecule has 160 valence electrons. The number of para-hydroxylation sites is 1. The first-order chi connectivity index (χ1) is 15.6. The Morgan fingerprint density at radius 3 is 2.69 bits per heavy atom. The van der Waals surface area contributed by atoms with Gasteiger partial charge in [0.05, 0.1) is 17.3 Å². The van der Waals surface area contributed by atoms with Crippen molar-refractivity contribution in [2.24, 2.45) is 5.73 Å². The number of furan rings is 1. The third kappa shape index (κ3) is 3.76. The van der Waals surface area contributed by atoms with E-state index in [1.165, 1.54) is 0 Å². The highest BCUT2D eigenvalue weighted by Gasteiger charge is 2.14. The van der Waals surface area contributed by atoms with Crippen molar-refractivity contribution in [1.82, 2.24) is 9.97 Å². The van der Waals surface area contributed by atoms with Crippen LogP contribution in [0.15, 0.2) is 77.4 Å². The summed E-state index contributed by atoms with van der Waals surface area (Å²) in [4.78, 5) is 9.50. The SMILES string of the molecule is CC[C@@H](N)CNc1nc(-c2cc(-c3ccc4occc4c3)ccc2O)nc2ccccc12. The van der Waals surface area contributed by atoms with Crippen LogP contribution < -0.4 is 11.1 Å². The summed E-state index contributed by atoms with van der Waals surface area (Å²) in [5, 5.41) is 16.0. The van der Waals surface area contributed by atoms with Gasteiger partial charge in [0, 0.05) is 23.4 Å². The van der Waals surface area contributed by atoms with Gasteiger partial charge in [-0.2, -0.15) is 0 Å². The summed E-state index contributed by atoms with van der Waals surface area (Å²) in [6, 6.07) is 21.3. The Morgan fingerprint density at radius 1 is 1.00 bits per heavy atom. The molecule has 3 aromatic carbocycles. The van der Waals surface area contributed by atoms with E-state index in [1.54, 1.807) is 12.3 Å². The van der Waals surface area contributed by atoms with Gasteiger partial charge in [0.1, 0.15) is 17.2 Å². The number of fused-ring (bicyclic) bond motifs is 2. The fourth-order valence-corrected chi connectivity index (χ4v) is 3.74. The number of nitrogens with two attached hydrogens (primary N) is 1. The van der Waals surface area contributed by atoms with Gasteiger partial charge in [-0.05, 0) is 60.0 Å². The van der Waals surface area contributed by atoms with Crippen LogP contribution in [0.3, 0.4) is 0 Å². The molecule has 4 N–H and O–H groups in total. The molecule has 0 aliphatic rings. The fourth-order valence-electron chi connectivity index (χ4n) is 3.74. The van der Waals surface area contributed by atoms with Crippen molar-refractivity contribution in [3.8, 4) is 28.3 Å². The molecule has 0 aliphatic heterocycles. The van der Waals surface area contributed by atoms with E-state index in [1.807, 2.05) is 54.6 Å². The number of phenols is 1. The summed E-state index contributed by atoms with van der Waals surface area (Å²) in [6.07, 6.45) is 2.55. The van der Waals surface area contributed by atoms with Gasteiger partial charge in [-0.15, -0.1) is 0 Å². The summed E-state index contributed by atoms with van der Waals surface area (Å²) in [5.74, 6) is 1.30. The third-order valence-corrected chi connectivity index (χ3v) is 5.68. The molecule has 0 spiro atoms. The smallest absolute Gasteiger partial charge is 0.165 e. The number of hydrogen-bond donors (Lipinski definition) is 3. The second kappa shape index (κ2) is 8.32. The second-order valence-corrected chi connectivity index (χ2v) is 7.87. The van der Waals surface area contributed by atoms with Crippen molar-refractivity contribution >= 4 is 27.7 Å². The molecule has 5 rings (SSSR count). The number of nitrogens with zero attached hydrogens (tertiary/aromatic N) is 2. The van der Waals surface area contributed by atoms with Crippen LogP contribution in [0.5, 0.6) is 5.75 Å². The maximum absolute atomic E-state index is 10.7. The highest BCUT2D eigenvalue weighted by Crippen LogP contribution is 2.35. The number of phenolic OH excluding ortho intramolecular Hbond substituents is 1. The second-order valence-electron chi connectivity index (χ2n) is 7.87. The van der Waals surface area contributed by atoms with E-state index in [-0.39, 0.29) is 11.8 Å². The lowest BCUT2D eigenvalue weighted by atomic mass is 10.0. The zero-order chi connectivity index (χ0) is 22.1. The average molecular weight is 425 g/mol. The molecule has 0 amide bonds. The molecule has 5 aromatic rings. The highest BCUT2D eigenvalue weighted by atomic mass is 16.3. The van der Waals surface area contributed by atoms with Gasteiger partial charge in [0.2, 0.25) is 0 Å². The van der Waals surface area contributed by atoms with Gasteiger partial charge >= 0.3 is 0 Å². The summed E-state index contributed by atoms with van der Waals surface area (Å²) >= 11 is 0. The molecule has 0 unspecified atom stereocenters. The molecule has 0 saturated heterocycles. The molecule has 6 nitrogen and oxygen atoms in total. The molecular weight excluding hydrogens is 400 g/mol. The van der Waals surface area contributed by atoms with Crippen LogP contribution in [0.25, 0.3) is 44.4 Å². The highest BCUT2D eigenvalue weighted by molar-refractivity contribution is 5.91. The van der Waals surface area contributed by atoms with Gasteiger partial charge < -0.3 is 20.6 Å². The quantitative estimate of drug-likeness (QED) is 0.330. The predicted octanol–water partition coefficient (Wildman–Crippen LogP) is 5.56. The van der Waals surface area contributed by atoms with E-state index in [4.69, 9.17) is 20.1 Å². The van der Waals surface area contributed by atoms with E-state index in [0.717, 1.165) is 39.4 Å². The number of nitrogens with one attached hydrogen (secondary N) is 1. The van der Waals surface area contributed by atoms with Gasteiger partial charge in [-0.25, -0.2) is 9.97 Å². The Hall–Kier alpha value is -3.90. The molecule has 0 fully saturated rings. The zero-order valence-corrected chi connectivity index (χ0v) is 17.7. The molecule has 0 saturated carbocycles. The van der Waals surface area contributed by atoms with Crippen LogP contribution in [-0.2, 0) is 0 Å². The number of aromatic nitrogens is 2. The Balaban J connectivity index is 1.60. The topological polar surface area (TPSA) is 97.2 Å². The van der Waals surface area contributed by atoms with Crippen molar-refractivity contribution < 1.29 is 9.52 Å². The maximum Gasteiger partial charge on any atom is 0.165 e. The zero-order valence-electron chi connectivity index (χ0n) is 17.7. The maximum atomic E-state index is 10.7. The van der Waals surface area contributed by atoms with Crippen LogP contribution in [-0.4, -0.2) is 27.7 Å². The van der Waals surface area contributed by atoms with Crippen LogP contribution >= 0.6 is 0 Å². The van der Waals surface area contributed by atoms with Gasteiger partial charge in [-0.1, -0.05) is 31.2 Å². The number of hydrogen-bond acceptors (Lipinski definition) is 6. The monoisotopic (exact) mass is 424 g/mol. The summed E-state index contributed by atoms with van der Waals surface area (Å²) < 4.78 is 5.45. The molecule has 2 aromatic heterocycles. The number of aromatic hydroxyl groups is 1. The Morgan fingerprint density at radius 2 is 1.81 bits per heavy atom. The van der Waals surface area contributed by atoms with Gasteiger partial charge in [-0.3, -0.25) is 0 Å². The molecule has 1 atom stereocenters. The standard InChI is InChI=1S/C26H24N4O2/c1-2-19(27)15-28-25-20-5-3-4-6-22(20)29-26(30-25)21-14-17(7-9-23(21)31)16-8-10-24-18(13-16)11-12-32-24/h3-14,19,31H,2,15,27H2,1H3,(H,28,29,30)/t19-/m1/s1.